The number of nitriles is 1. The van der Waals surface area contributed by atoms with Gasteiger partial charge in [0.05, 0.1) is 6.07 Å². The Balaban J connectivity index is 2.14. The predicted octanol–water partition coefficient (Wildman–Crippen LogP) is 1.55. The lowest BCUT2D eigenvalue weighted by Crippen LogP contribution is -2.56. The van der Waals surface area contributed by atoms with Crippen LogP contribution in [0.4, 0.5) is 0 Å². The lowest BCUT2D eigenvalue weighted by Gasteiger charge is -2.39. The normalized spacial score (nSPS) is 19.3. The Morgan fingerprint density at radius 3 is 2.47 bits per heavy atom. The lowest BCUT2D eigenvalue weighted by atomic mass is 10.0. The van der Waals surface area contributed by atoms with Crippen molar-refractivity contribution in [1.82, 2.24) is 4.90 Å². The van der Waals surface area contributed by atoms with Crippen LogP contribution in [0.5, 0.6) is 0 Å². The molecule has 78 valence electrons. The molecule has 0 saturated carbocycles. The number of rotatable bonds is 2. The third kappa shape index (κ3) is 2.13. The number of nitrogens with two attached hydrogens (primary N) is 1. The second kappa shape index (κ2) is 4.19. The van der Waals surface area contributed by atoms with Crippen molar-refractivity contribution in [3.05, 3.63) is 34.9 Å². The highest BCUT2D eigenvalue weighted by Crippen LogP contribution is 2.25. The maximum Gasteiger partial charge on any atom is 0.123 e. The molecule has 1 heterocycles. The van der Waals surface area contributed by atoms with E-state index in [4.69, 9.17) is 22.6 Å². The number of benzene rings is 1. The summed E-state index contributed by atoms with van der Waals surface area (Å²) in [6, 6.07) is 9.70. The molecule has 0 spiro atoms. The van der Waals surface area contributed by atoms with E-state index in [-0.39, 0.29) is 12.1 Å². The lowest BCUT2D eigenvalue weighted by molar-refractivity contribution is 0.121. The monoisotopic (exact) mass is 221 g/mol. The predicted molar refractivity (Wildman–Crippen MR) is 59.4 cm³/mol. The fourth-order valence-electron chi connectivity index (χ4n) is 1.77. The third-order valence-corrected chi connectivity index (χ3v) is 2.86. The quantitative estimate of drug-likeness (QED) is 0.825. The number of likely N-dealkylation sites (tertiary alicyclic amines) is 1. The van der Waals surface area contributed by atoms with Gasteiger partial charge in [-0.1, -0.05) is 23.7 Å². The molecule has 0 radical (unpaired) electrons. The fraction of sp³-hybridized carbons (Fsp3) is 0.364. The summed E-state index contributed by atoms with van der Waals surface area (Å²) in [4.78, 5) is 2.06. The molecule has 0 bridgehead atoms. The van der Waals surface area contributed by atoms with E-state index in [9.17, 15) is 0 Å². The van der Waals surface area contributed by atoms with Gasteiger partial charge in [0, 0.05) is 24.2 Å². The van der Waals surface area contributed by atoms with Crippen molar-refractivity contribution in [2.24, 2.45) is 5.73 Å². The SMILES string of the molecule is N#C[C@H](c1ccc(Cl)cc1)N1CC(N)C1. The Morgan fingerprint density at radius 2 is 2.00 bits per heavy atom. The van der Waals surface area contributed by atoms with Gasteiger partial charge >= 0.3 is 0 Å². The summed E-state index contributed by atoms with van der Waals surface area (Å²) in [7, 11) is 0. The number of nitrogens with zero attached hydrogens (tertiary/aromatic N) is 2. The van der Waals surface area contributed by atoms with Gasteiger partial charge in [0.15, 0.2) is 0 Å². The van der Waals surface area contributed by atoms with Gasteiger partial charge in [-0.2, -0.15) is 5.26 Å². The van der Waals surface area contributed by atoms with Crippen molar-refractivity contribution < 1.29 is 0 Å². The molecule has 1 fully saturated rings. The molecule has 1 aromatic carbocycles. The first-order valence-corrected chi connectivity index (χ1v) is 5.23. The summed E-state index contributed by atoms with van der Waals surface area (Å²) in [6.07, 6.45) is 0. The molecule has 1 atom stereocenters. The molecule has 0 unspecified atom stereocenters. The molecule has 0 aromatic heterocycles. The van der Waals surface area contributed by atoms with Crippen molar-refractivity contribution in [1.29, 1.82) is 5.26 Å². The average molecular weight is 222 g/mol. The molecule has 15 heavy (non-hydrogen) atoms. The van der Waals surface area contributed by atoms with E-state index in [0.29, 0.717) is 5.02 Å². The number of hydrogen-bond donors (Lipinski definition) is 1. The largest absolute Gasteiger partial charge is 0.325 e. The first-order valence-electron chi connectivity index (χ1n) is 4.85. The Morgan fingerprint density at radius 1 is 1.40 bits per heavy atom. The first-order chi connectivity index (χ1) is 7.20. The van der Waals surface area contributed by atoms with E-state index in [1.54, 1.807) is 12.1 Å². The fourth-order valence-corrected chi connectivity index (χ4v) is 1.90. The summed E-state index contributed by atoms with van der Waals surface area (Å²) < 4.78 is 0. The van der Waals surface area contributed by atoms with Crippen molar-refractivity contribution in [3.63, 3.8) is 0 Å². The van der Waals surface area contributed by atoms with Crippen LogP contribution < -0.4 is 5.73 Å². The molecule has 4 heteroatoms. The van der Waals surface area contributed by atoms with Gasteiger partial charge in [-0.25, -0.2) is 0 Å². The van der Waals surface area contributed by atoms with Gasteiger partial charge < -0.3 is 5.73 Å². The smallest absolute Gasteiger partial charge is 0.123 e. The minimum absolute atomic E-state index is 0.193. The first kappa shape index (κ1) is 10.4. The zero-order valence-electron chi connectivity index (χ0n) is 8.23. The summed E-state index contributed by atoms with van der Waals surface area (Å²) >= 11 is 5.79. The molecule has 2 rings (SSSR count). The van der Waals surface area contributed by atoms with Crippen molar-refractivity contribution >= 4 is 11.6 Å². The molecule has 2 N–H and O–H groups in total. The van der Waals surface area contributed by atoms with Gasteiger partial charge in [0.25, 0.3) is 0 Å². The summed E-state index contributed by atoms with van der Waals surface area (Å²) in [5, 5.41) is 9.80. The highest BCUT2D eigenvalue weighted by atomic mass is 35.5. The van der Waals surface area contributed by atoms with Crippen molar-refractivity contribution in [3.8, 4) is 6.07 Å². The van der Waals surface area contributed by atoms with Crippen LogP contribution in [0.1, 0.15) is 11.6 Å². The number of halogens is 1. The maximum absolute atomic E-state index is 9.10. The van der Waals surface area contributed by atoms with Gasteiger partial charge in [-0.3, -0.25) is 4.90 Å². The Kier molecular flexibility index (Phi) is 2.92. The van der Waals surface area contributed by atoms with E-state index < -0.39 is 0 Å². The molecule has 1 aromatic rings. The van der Waals surface area contributed by atoms with E-state index in [0.717, 1.165) is 18.7 Å². The zero-order valence-corrected chi connectivity index (χ0v) is 8.98. The minimum Gasteiger partial charge on any atom is -0.325 e. The van der Waals surface area contributed by atoms with E-state index in [1.807, 2.05) is 12.1 Å². The maximum atomic E-state index is 9.10. The van der Waals surface area contributed by atoms with Crippen LogP contribution in [-0.2, 0) is 0 Å². The molecule has 1 saturated heterocycles. The van der Waals surface area contributed by atoms with Gasteiger partial charge in [-0.15, -0.1) is 0 Å². The topological polar surface area (TPSA) is 53.0 Å². The van der Waals surface area contributed by atoms with E-state index in [1.165, 1.54) is 0 Å². The average Bonchev–Trinajstić information content (AvgIpc) is 2.19. The van der Waals surface area contributed by atoms with Crippen LogP contribution in [0.3, 0.4) is 0 Å². The summed E-state index contributed by atoms with van der Waals surface area (Å²) in [6.45, 7) is 1.59. The molecular formula is C11H12ClN3. The molecule has 0 aliphatic carbocycles. The molecule has 1 aliphatic rings. The van der Waals surface area contributed by atoms with Crippen LogP contribution in [0.25, 0.3) is 0 Å². The standard InChI is InChI=1S/C11H12ClN3/c12-9-3-1-8(2-4-9)11(5-13)15-6-10(14)7-15/h1-4,10-11H,6-7,14H2/t11-/m1/s1. The summed E-state index contributed by atoms with van der Waals surface area (Å²) in [5.41, 5.74) is 6.67. The highest BCUT2D eigenvalue weighted by Gasteiger charge is 2.30. The van der Waals surface area contributed by atoms with Crippen LogP contribution in [0.2, 0.25) is 5.02 Å². The van der Waals surface area contributed by atoms with Crippen LogP contribution >= 0.6 is 11.6 Å². The Hall–Kier alpha value is -1.08. The molecule has 3 nitrogen and oxygen atoms in total. The second-order valence-electron chi connectivity index (χ2n) is 3.80. The molecule has 1 aliphatic heterocycles. The number of hydrogen-bond acceptors (Lipinski definition) is 3. The Labute approximate surface area is 94.0 Å². The van der Waals surface area contributed by atoms with Crippen molar-refractivity contribution in [2.75, 3.05) is 13.1 Å². The Bertz CT molecular complexity index is 376. The van der Waals surface area contributed by atoms with Crippen LogP contribution in [0.15, 0.2) is 24.3 Å². The van der Waals surface area contributed by atoms with Gasteiger partial charge in [-0.05, 0) is 17.7 Å². The van der Waals surface area contributed by atoms with E-state index >= 15 is 0 Å². The second-order valence-corrected chi connectivity index (χ2v) is 4.23. The molecule has 0 amide bonds. The zero-order chi connectivity index (χ0) is 10.8. The van der Waals surface area contributed by atoms with Gasteiger partial charge in [0.2, 0.25) is 0 Å². The van der Waals surface area contributed by atoms with E-state index in [2.05, 4.69) is 11.0 Å². The highest BCUT2D eigenvalue weighted by molar-refractivity contribution is 6.30. The van der Waals surface area contributed by atoms with Gasteiger partial charge in [0.1, 0.15) is 6.04 Å². The van der Waals surface area contributed by atoms with Crippen molar-refractivity contribution in [2.45, 2.75) is 12.1 Å². The van der Waals surface area contributed by atoms with Crippen LogP contribution in [-0.4, -0.2) is 24.0 Å². The van der Waals surface area contributed by atoms with Crippen LogP contribution in [0, 0.1) is 11.3 Å². The molecular weight excluding hydrogens is 210 g/mol. The third-order valence-electron chi connectivity index (χ3n) is 2.61. The summed E-state index contributed by atoms with van der Waals surface area (Å²) in [5.74, 6) is 0. The minimum atomic E-state index is -0.193.